The smallest absolute Gasteiger partial charge is 0.246 e. The lowest BCUT2D eigenvalue weighted by atomic mass is 10.0. The van der Waals surface area contributed by atoms with Crippen LogP contribution in [0.4, 0.5) is 5.69 Å². The molecule has 1 amide bonds. The van der Waals surface area contributed by atoms with Crippen molar-refractivity contribution in [3.8, 4) is 0 Å². The summed E-state index contributed by atoms with van der Waals surface area (Å²) in [6.45, 7) is 3.97. The number of anilines is 1. The highest BCUT2D eigenvalue weighted by atomic mass is 32.2. The van der Waals surface area contributed by atoms with Gasteiger partial charge < -0.3 is 0 Å². The van der Waals surface area contributed by atoms with Gasteiger partial charge in [-0.05, 0) is 26.0 Å². The molecule has 24 heavy (non-hydrogen) atoms. The maximum atomic E-state index is 12.7. The predicted octanol–water partition coefficient (Wildman–Crippen LogP) is 4.31. The molecule has 0 saturated carbocycles. The van der Waals surface area contributed by atoms with E-state index < -0.39 is 5.25 Å². The van der Waals surface area contributed by atoms with Crippen molar-refractivity contribution in [1.29, 1.82) is 0 Å². The van der Waals surface area contributed by atoms with Gasteiger partial charge in [0.15, 0.2) is 5.78 Å². The summed E-state index contributed by atoms with van der Waals surface area (Å²) in [4.78, 5) is 26.6. The first-order valence-electron chi connectivity index (χ1n) is 7.67. The highest BCUT2D eigenvalue weighted by Crippen LogP contribution is 2.34. The number of thiocarbonyl (C=S) groups is 1. The summed E-state index contributed by atoms with van der Waals surface area (Å²) in [5, 5.41) is -0.451. The molecule has 2 aromatic rings. The molecule has 1 heterocycles. The Morgan fingerprint density at radius 3 is 2.17 bits per heavy atom. The van der Waals surface area contributed by atoms with Gasteiger partial charge in [-0.2, -0.15) is 0 Å². The topological polar surface area (TPSA) is 37.4 Å². The van der Waals surface area contributed by atoms with E-state index >= 15 is 0 Å². The third-order valence-electron chi connectivity index (χ3n) is 3.96. The van der Waals surface area contributed by atoms with Crippen molar-refractivity contribution in [3.63, 3.8) is 0 Å². The number of Topliss-reactive ketones (excluding diaryl/α,β-unsaturated/α-hetero) is 1. The van der Waals surface area contributed by atoms with E-state index in [1.54, 1.807) is 12.1 Å². The number of ketones is 1. The molecule has 1 atom stereocenters. The fraction of sp³-hybridized carbons (Fsp3) is 0.211. The third-order valence-corrected chi connectivity index (χ3v) is 5.47. The van der Waals surface area contributed by atoms with E-state index in [2.05, 4.69) is 0 Å². The number of nitrogens with zero attached hydrogens (tertiary/aromatic N) is 1. The first-order chi connectivity index (χ1) is 11.5. The van der Waals surface area contributed by atoms with Gasteiger partial charge in [-0.1, -0.05) is 71.5 Å². The number of aryl methyl sites for hydroxylation is 2. The van der Waals surface area contributed by atoms with Crippen LogP contribution in [0.15, 0.2) is 48.5 Å². The molecule has 0 spiro atoms. The average molecular weight is 355 g/mol. The number of rotatable bonds is 4. The van der Waals surface area contributed by atoms with Gasteiger partial charge in [-0.15, -0.1) is 0 Å². The van der Waals surface area contributed by atoms with Gasteiger partial charge in [0.05, 0.1) is 10.9 Å². The number of hydrogen-bond acceptors (Lipinski definition) is 4. The Bertz CT molecular complexity index is 797. The normalized spacial score (nSPS) is 17.4. The Kier molecular flexibility index (Phi) is 4.83. The summed E-state index contributed by atoms with van der Waals surface area (Å²) in [5.74, 6) is -0.149. The van der Waals surface area contributed by atoms with E-state index in [1.165, 1.54) is 16.7 Å². The summed E-state index contributed by atoms with van der Waals surface area (Å²) < 4.78 is 0.505. The number of carbonyl (C=O) groups is 2. The first-order valence-corrected chi connectivity index (χ1v) is 8.95. The van der Waals surface area contributed by atoms with Gasteiger partial charge in [0.1, 0.15) is 4.32 Å². The molecule has 122 valence electrons. The molecule has 1 fully saturated rings. The molecule has 5 heteroatoms. The van der Waals surface area contributed by atoms with Crippen molar-refractivity contribution in [3.05, 3.63) is 65.2 Å². The van der Waals surface area contributed by atoms with Crippen molar-refractivity contribution in [2.45, 2.75) is 25.5 Å². The molecule has 1 unspecified atom stereocenters. The highest BCUT2D eigenvalue weighted by molar-refractivity contribution is 8.25. The van der Waals surface area contributed by atoms with E-state index in [4.69, 9.17) is 12.2 Å². The highest BCUT2D eigenvalue weighted by Gasteiger charge is 2.39. The minimum atomic E-state index is -0.451. The predicted molar refractivity (Wildman–Crippen MR) is 103 cm³/mol. The van der Waals surface area contributed by atoms with Crippen molar-refractivity contribution in [1.82, 2.24) is 0 Å². The number of thioether (sulfide) groups is 1. The fourth-order valence-electron chi connectivity index (χ4n) is 2.54. The number of carbonyl (C=O) groups excluding carboxylic acids is 2. The summed E-state index contributed by atoms with van der Waals surface area (Å²) in [5.41, 5.74) is 3.61. The first kappa shape index (κ1) is 16.9. The molecule has 0 N–H and O–H groups in total. The van der Waals surface area contributed by atoms with Crippen LogP contribution in [0.3, 0.4) is 0 Å². The molecular formula is C19H17NO2S2. The monoisotopic (exact) mass is 355 g/mol. The van der Waals surface area contributed by atoms with Gasteiger partial charge in [-0.3, -0.25) is 14.5 Å². The van der Waals surface area contributed by atoms with Crippen molar-refractivity contribution >= 4 is 45.7 Å². The quantitative estimate of drug-likeness (QED) is 0.605. The van der Waals surface area contributed by atoms with Crippen LogP contribution < -0.4 is 4.90 Å². The van der Waals surface area contributed by atoms with Crippen molar-refractivity contribution in [2.75, 3.05) is 4.90 Å². The standard InChI is InChI=1S/C19H17NO2S2/c1-12-3-7-14(8-4-12)16(21)11-17-18(22)20(19(23)24-17)15-9-5-13(2)6-10-15/h3-10,17H,11H2,1-2H3. The molecule has 1 aliphatic rings. The Morgan fingerprint density at radius 2 is 1.58 bits per heavy atom. The minimum Gasteiger partial charge on any atom is -0.294 e. The van der Waals surface area contributed by atoms with Crippen LogP contribution in [0.5, 0.6) is 0 Å². The summed E-state index contributed by atoms with van der Waals surface area (Å²) in [6.07, 6.45) is 0.162. The number of hydrogen-bond donors (Lipinski definition) is 0. The van der Waals surface area contributed by atoms with E-state index in [0.717, 1.165) is 16.8 Å². The second kappa shape index (κ2) is 6.87. The molecule has 1 saturated heterocycles. The van der Waals surface area contributed by atoms with E-state index in [0.29, 0.717) is 9.88 Å². The molecular weight excluding hydrogens is 338 g/mol. The zero-order chi connectivity index (χ0) is 17.3. The van der Waals surface area contributed by atoms with Gasteiger partial charge >= 0.3 is 0 Å². The summed E-state index contributed by atoms with van der Waals surface area (Å²) in [7, 11) is 0. The van der Waals surface area contributed by atoms with Crippen LogP contribution in [0.1, 0.15) is 27.9 Å². The third kappa shape index (κ3) is 3.42. The SMILES string of the molecule is Cc1ccc(C(=O)CC2SC(=S)N(c3ccc(C)cc3)C2=O)cc1. The van der Waals surface area contributed by atoms with Crippen LogP contribution >= 0.6 is 24.0 Å². The number of benzene rings is 2. The minimum absolute atomic E-state index is 0.0330. The van der Waals surface area contributed by atoms with E-state index in [-0.39, 0.29) is 18.1 Å². The van der Waals surface area contributed by atoms with Crippen molar-refractivity contribution in [2.24, 2.45) is 0 Å². The molecule has 0 aliphatic carbocycles. The Labute approximate surface area is 151 Å². The van der Waals surface area contributed by atoms with Crippen LogP contribution in [0, 0.1) is 13.8 Å². The van der Waals surface area contributed by atoms with Gasteiger partial charge in [0.25, 0.3) is 0 Å². The maximum Gasteiger partial charge on any atom is 0.246 e. The van der Waals surface area contributed by atoms with E-state index in [9.17, 15) is 9.59 Å². The van der Waals surface area contributed by atoms with Gasteiger partial charge in [0, 0.05) is 12.0 Å². The second-order valence-electron chi connectivity index (χ2n) is 5.87. The molecule has 1 aliphatic heterocycles. The molecule has 0 bridgehead atoms. The Morgan fingerprint density at radius 1 is 1.04 bits per heavy atom. The zero-order valence-electron chi connectivity index (χ0n) is 13.5. The zero-order valence-corrected chi connectivity index (χ0v) is 15.1. The summed E-state index contributed by atoms with van der Waals surface area (Å²) in [6, 6.07) is 15.1. The molecule has 0 aromatic heterocycles. The van der Waals surface area contributed by atoms with Crippen LogP contribution in [-0.4, -0.2) is 21.3 Å². The Hall–Kier alpha value is -1.98. The van der Waals surface area contributed by atoms with E-state index in [1.807, 2.05) is 50.2 Å². The van der Waals surface area contributed by atoms with Gasteiger partial charge in [-0.25, -0.2) is 0 Å². The molecule has 2 aromatic carbocycles. The lowest BCUT2D eigenvalue weighted by molar-refractivity contribution is -0.116. The molecule has 3 nitrogen and oxygen atoms in total. The average Bonchev–Trinajstić information content (AvgIpc) is 2.83. The number of amides is 1. The summed E-state index contributed by atoms with van der Waals surface area (Å²) >= 11 is 6.65. The fourth-order valence-corrected chi connectivity index (χ4v) is 4.07. The second-order valence-corrected chi connectivity index (χ2v) is 7.71. The Balaban J connectivity index is 1.75. The van der Waals surface area contributed by atoms with Crippen LogP contribution in [-0.2, 0) is 4.79 Å². The molecule has 3 rings (SSSR count). The lowest BCUT2D eigenvalue weighted by Gasteiger charge is -2.15. The van der Waals surface area contributed by atoms with Crippen LogP contribution in [0.2, 0.25) is 0 Å². The van der Waals surface area contributed by atoms with Gasteiger partial charge in [0.2, 0.25) is 5.91 Å². The van der Waals surface area contributed by atoms with Crippen LogP contribution in [0.25, 0.3) is 0 Å². The molecule has 0 radical (unpaired) electrons. The largest absolute Gasteiger partial charge is 0.294 e. The van der Waals surface area contributed by atoms with Crippen molar-refractivity contribution < 1.29 is 9.59 Å². The lowest BCUT2D eigenvalue weighted by Crippen LogP contribution is -2.32. The maximum absolute atomic E-state index is 12.7.